The van der Waals surface area contributed by atoms with Crippen LogP contribution in [0.1, 0.15) is 30.8 Å². The quantitative estimate of drug-likeness (QED) is 0.883. The fourth-order valence-corrected chi connectivity index (χ4v) is 2.28. The van der Waals surface area contributed by atoms with Crippen LogP contribution in [0.3, 0.4) is 0 Å². The fourth-order valence-electron chi connectivity index (χ4n) is 2.08. The van der Waals surface area contributed by atoms with Gasteiger partial charge in [-0.1, -0.05) is 30.7 Å². The monoisotopic (exact) mass is 278 g/mol. The van der Waals surface area contributed by atoms with Crippen molar-refractivity contribution in [1.29, 1.82) is 0 Å². The number of halogens is 1. The first kappa shape index (κ1) is 14.0. The molecule has 1 aromatic carbocycles. The summed E-state index contributed by atoms with van der Waals surface area (Å²) in [5, 5.41) is 8.57. The highest BCUT2D eigenvalue weighted by Crippen LogP contribution is 2.20. The first-order valence-electron chi connectivity index (χ1n) is 6.52. The molecule has 1 heterocycles. The van der Waals surface area contributed by atoms with E-state index in [1.807, 2.05) is 25.2 Å². The predicted octanol–water partition coefficient (Wildman–Crippen LogP) is 2.75. The highest BCUT2D eigenvalue weighted by atomic mass is 35.5. The highest BCUT2D eigenvalue weighted by Gasteiger charge is 2.09. The molecule has 0 saturated heterocycles. The molecule has 1 aromatic heterocycles. The molecule has 0 fully saturated rings. The summed E-state index contributed by atoms with van der Waals surface area (Å²) in [4.78, 5) is 4.22. The van der Waals surface area contributed by atoms with E-state index in [9.17, 15) is 0 Å². The lowest BCUT2D eigenvalue weighted by atomic mass is 10.0. The summed E-state index contributed by atoms with van der Waals surface area (Å²) in [5.41, 5.74) is 1.23. The molecule has 19 heavy (non-hydrogen) atoms. The number of hydrogen-bond acceptors (Lipinski definition) is 3. The minimum Gasteiger partial charge on any atom is -0.310 e. The Morgan fingerprint density at radius 1 is 1.42 bits per heavy atom. The van der Waals surface area contributed by atoms with E-state index in [2.05, 4.69) is 28.4 Å². The second kappa shape index (κ2) is 6.68. The number of hydrogen-bond donors (Lipinski definition) is 1. The van der Waals surface area contributed by atoms with Gasteiger partial charge in [0.2, 0.25) is 0 Å². The Hall–Kier alpha value is -1.39. The van der Waals surface area contributed by atoms with E-state index in [1.165, 1.54) is 5.56 Å². The Morgan fingerprint density at radius 3 is 2.89 bits per heavy atom. The van der Waals surface area contributed by atoms with Crippen LogP contribution in [0.25, 0.3) is 0 Å². The molecule has 0 spiro atoms. The van der Waals surface area contributed by atoms with Crippen LogP contribution in [0.4, 0.5) is 0 Å². The molecule has 5 heteroatoms. The molecule has 1 N–H and O–H groups in total. The molecule has 0 aliphatic carbocycles. The summed E-state index contributed by atoms with van der Waals surface area (Å²) in [6, 6.07) is 8.33. The van der Waals surface area contributed by atoms with Gasteiger partial charge in [-0.25, -0.2) is 4.98 Å². The normalized spacial score (nSPS) is 12.6. The third-order valence-electron chi connectivity index (χ3n) is 3.05. The Labute approximate surface area is 118 Å². The molecule has 2 aromatic rings. The molecule has 2 rings (SSSR count). The zero-order valence-electron chi connectivity index (χ0n) is 11.3. The summed E-state index contributed by atoms with van der Waals surface area (Å²) >= 11 is 6.03. The number of benzene rings is 1. The van der Waals surface area contributed by atoms with Gasteiger partial charge in [-0.15, -0.1) is 0 Å². The van der Waals surface area contributed by atoms with Gasteiger partial charge in [0.1, 0.15) is 6.33 Å². The molecule has 0 aliphatic rings. The van der Waals surface area contributed by atoms with Gasteiger partial charge in [0.05, 0.1) is 0 Å². The maximum atomic E-state index is 6.03. The van der Waals surface area contributed by atoms with Crippen LogP contribution >= 0.6 is 11.6 Å². The number of aryl methyl sites for hydroxylation is 1. The van der Waals surface area contributed by atoms with E-state index in [1.54, 1.807) is 11.0 Å². The number of rotatable bonds is 6. The molecule has 1 atom stereocenters. The topological polar surface area (TPSA) is 42.7 Å². The Kier molecular flexibility index (Phi) is 4.93. The van der Waals surface area contributed by atoms with Crippen LogP contribution in [0.15, 0.2) is 30.6 Å². The minimum absolute atomic E-state index is 0.322. The second-order valence-corrected chi connectivity index (χ2v) is 4.99. The summed E-state index contributed by atoms with van der Waals surface area (Å²) in [6.45, 7) is 3.02. The van der Waals surface area contributed by atoms with Crippen molar-refractivity contribution in [3.05, 3.63) is 47.0 Å². The van der Waals surface area contributed by atoms with Crippen molar-refractivity contribution in [2.75, 3.05) is 6.54 Å². The van der Waals surface area contributed by atoms with Gasteiger partial charge in [0, 0.05) is 31.1 Å². The maximum Gasteiger partial charge on any atom is 0.151 e. The molecule has 0 radical (unpaired) electrons. The van der Waals surface area contributed by atoms with Crippen LogP contribution in [-0.2, 0) is 13.5 Å². The minimum atomic E-state index is 0.322. The summed E-state index contributed by atoms with van der Waals surface area (Å²) in [6.07, 6.45) is 3.58. The lowest BCUT2D eigenvalue weighted by molar-refractivity contribution is 0.518. The summed E-state index contributed by atoms with van der Waals surface area (Å²) in [5.74, 6) is 0.871. The van der Waals surface area contributed by atoms with Gasteiger partial charge < -0.3 is 5.32 Å². The van der Waals surface area contributed by atoms with E-state index in [0.29, 0.717) is 6.04 Å². The Morgan fingerprint density at radius 2 is 2.26 bits per heavy atom. The SMILES string of the molecule is CCC(NCCc1ncn(C)n1)c1cccc(Cl)c1. The van der Waals surface area contributed by atoms with Gasteiger partial charge >= 0.3 is 0 Å². The van der Waals surface area contributed by atoms with E-state index >= 15 is 0 Å². The number of nitrogens with zero attached hydrogens (tertiary/aromatic N) is 3. The average Bonchev–Trinajstić information content (AvgIpc) is 2.80. The standard InChI is InChI=1S/C14H19ClN4/c1-3-13(11-5-4-6-12(15)9-11)16-8-7-14-17-10-19(2)18-14/h4-6,9-10,13,16H,3,7-8H2,1-2H3. The number of aromatic nitrogens is 3. The van der Waals surface area contributed by atoms with Crippen molar-refractivity contribution in [2.24, 2.45) is 7.05 Å². The highest BCUT2D eigenvalue weighted by molar-refractivity contribution is 6.30. The van der Waals surface area contributed by atoms with Crippen molar-refractivity contribution >= 4 is 11.6 Å². The van der Waals surface area contributed by atoms with Crippen molar-refractivity contribution in [3.8, 4) is 0 Å². The fraction of sp³-hybridized carbons (Fsp3) is 0.429. The van der Waals surface area contributed by atoms with Crippen LogP contribution in [-0.4, -0.2) is 21.3 Å². The van der Waals surface area contributed by atoms with Gasteiger partial charge in [0.15, 0.2) is 5.82 Å². The van der Waals surface area contributed by atoms with Gasteiger partial charge in [-0.3, -0.25) is 4.68 Å². The third kappa shape index (κ3) is 4.04. The molecule has 0 bridgehead atoms. The van der Waals surface area contributed by atoms with E-state index in [0.717, 1.165) is 30.2 Å². The first-order chi connectivity index (χ1) is 9.19. The number of nitrogens with one attached hydrogen (secondary N) is 1. The molecular weight excluding hydrogens is 260 g/mol. The zero-order valence-corrected chi connectivity index (χ0v) is 12.1. The maximum absolute atomic E-state index is 6.03. The van der Waals surface area contributed by atoms with E-state index in [4.69, 9.17) is 11.6 Å². The van der Waals surface area contributed by atoms with Crippen molar-refractivity contribution in [3.63, 3.8) is 0 Å². The molecule has 0 amide bonds. The molecule has 102 valence electrons. The largest absolute Gasteiger partial charge is 0.310 e. The molecule has 0 aliphatic heterocycles. The third-order valence-corrected chi connectivity index (χ3v) is 3.28. The van der Waals surface area contributed by atoms with E-state index in [-0.39, 0.29) is 0 Å². The van der Waals surface area contributed by atoms with Gasteiger partial charge in [0.25, 0.3) is 0 Å². The Balaban J connectivity index is 1.89. The van der Waals surface area contributed by atoms with Crippen LogP contribution in [0.2, 0.25) is 5.02 Å². The van der Waals surface area contributed by atoms with E-state index < -0.39 is 0 Å². The van der Waals surface area contributed by atoms with Crippen LogP contribution < -0.4 is 5.32 Å². The second-order valence-electron chi connectivity index (χ2n) is 4.55. The summed E-state index contributed by atoms with van der Waals surface area (Å²) in [7, 11) is 1.88. The zero-order chi connectivity index (χ0) is 13.7. The predicted molar refractivity (Wildman–Crippen MR) is 77.2 cm³/mol. The average molecular weight is 279 g/mol. The molecule has 4 nitrogen and oxygen atoms in total. The van der Waals surface area contributed by atoms with Crippen molar-refractivity contribution in [1.82, 2.24) is 20.1 Å². The summed E-state index contributed by atoms with van der Waals surface area (Å²) < 4.78 is 1.73. The lowest BCUT2D eigenvalue weighted by Crippen LogP contribution is -2.23. The van der Waals surface area contributed by atoms with Crippen LogP contribution in [0.5, 0.6) is 0 Å². The van der Waals surface area contributed by atoms with Gasteiger partial charge in [-0.05, 0) is 24.1 Å². The lowest BCUT2D eigenvalue weighted by Gasteiger charge is -2.17. The first-order valence-corrected chi connectivity index (χ1v) is 6.90. The smallest absolute Gasteiger partial charge is 0.151 e. The van der Waals surface area contributed by atoms with Crippen molar-refractivity contribution < 1.29 is 0 Å². The molecule has 1 unspecified atom stereocenters. The van der Waals surface area contributed by atoms with Crippen LogP contribution in [0, 0.1) is 0 Å². The van der Waals surface area contributed by atoms with Gasteiger partial charge in [-0.2, -0.15) is 5.10 Å². The molecular formula is C14H19ClN4. The van der Waals surface area contributed by atoms with Crippen molar-refractivity contribution in [2.45, 2.75) is 25.8 Å². The Bertz CT molecular complexity index is 524. The molecule has 0 saturated carbocycles.